The van der Waals surface area contributed by atoms with Crippen molar-refractivity contribution in [1.29, 1.82) is 0 Å². The van der Waals surface area contributed by atoms with Crippen LogP contribution < -0.4 is 10.1 Å². The maximum absolute atomic E-state index is 12.2. The van der Waals surface area contributed by atoms with Crippen molar-refractivity contribution in [1.82, 2.24) is 9.78 Å². The third kappa shape index (κ3) is 5.58. The molecule has 1 heterocycles. The molecule has 1 aromatic heterocycles. The van der Waals surface area contributed by atoms with Gasteiger partial charge in [0.1, 0.15) is 11.6 Å². The molecule has 0 aliphatic heterocycles. The molecule has 2 aromatic carbocycles. The van der Waals surface area contributed by atoms with Gasteiger partial charge in [0.15, 0.2) is 6.61 Å². The maximum Gasteiger partial charge on any atom is 0.338 e. The number of halogens is 1. The van der Waals surface area contributed by atoms with Gasteiger partial charge in [0.25, 0.3) is 5.91 Å². The molecule has 0 aliphatic carbocycles. The number of carbonyl (C=O) groups excluding carboxylic acids is 2. The van der Waals surface area contributed by atoms with Crippen molar-refractivity contribution < 1.29 is 19.1 Å². The van der Waals surface area contributed by atoms with Crippen LogP contribution in [0.5, 0.6) is 5.75 Å². The Hall–Kier alpha value is -3.32. The van der Waals surface area contributed by atoms with E-state index >= 15 is 0 Å². The molecule has 0 bridgehead atoms. The van der Waals surface area contributed by atoms with Gasteiger partial charge in [-0.25, -0.2) is 9.48 Å². The minimum Gasteiger partial charge on any atom is -0.484 e. The zero-order valence-corrected chi connectivity index (χ0v) is 16.6. The fraction of sp³-hybridized carbons (Fsp3) is 0.190. The van der Waals surface area contributed by atoms with E-state index in [1.807, 2.05) is 18.2 Å². The van der Waals surface area contributed by atoms with Gasteiger partial charge in [-0.05, 0) is 42.8 Å². The Morgan fingerprint density at radius 2 is 1.86 bits per heavy atom. The molecule has 0 radical (unpaired) electrons. The Labute approximate surface area is 173 Å². The lowest BCUT2D eigenvalue weighted by Crippen LogP contribution is -2.22. The van der Waals surface area contributed by atoms with E-state index in [-0.39, 0.29) is 12.5 Å². The fourth-order valence-corrected chi connectivity index (χ4v) is 2.78. The second-order valence-corrected chi connectivity index (χ2v) is 6.45. The molecular weight excluding hydrogens is 394 g/mol. The molecule has 7 nitrogen and oxygen atoms in total. The van der Waals surface area contributed by atoms with E-state index in [4.69, 9.17) is 21.1 Å². The topological polar surface area (TPSA) is 82.4 Å². The Morgan fingerprint density at radius 3 is 2.59 bits per heavy atom. The van der Waals surface area contributed by atoms with Gasteiger partial charge >= 0.3 is 5.97 Å². The average Bonchev–Trinajstić information content (AvgIpc) is 3.15. The minimum atomic E-state index is -0.399. The summed E-state index contributed by atoms with van der Waals surface area (Å²) in [5.74, 6) is 0.276. The van der Waals surface area contributed by atoms with Crippen LogP contribution in [0.4, 0.5) is 5.82 Å². The highest BCUT2D eigenvalue weighted by Crippen LogP contribution is 2.18. The number of anilines is 1. The molecule has 0 fully saturated rings. The third-order valence-electron chi connectivity index (χ3n) is 4.00. The SMILES string of the molecule is CCOC(=O)c1ccc(OCC(=O)Nc2ccnn2Cc2ccccc2Cl)cc1. The van der Waals surface area contributed by atoms with E-state index in [1.165, 1.54) is 0 Å². The van der Waals surface area contributed by atoms with Crippen LogP contribution in [0.2, 0.25) is 5.02 Å². The summed E-state index contributed by atoms with van der Waals surface area (Å²) in [6, 6.07) is 15.6. The van der Waals surface area contributed by atoms with Crippen LogP contribution in [0.1, 0.15) is 22.8 Å². The quantitative estimate of drug-likeness (QED) is 0.568. The molecule has 3 aromatic rings. The van der Waals surface area contributed by atoms with Crippen LogP contribution in [0.3, 0.4) is 0 Å². The number of nitrogens with zero attached hydrogens (tertiary/aromatic N) is 2. The second kappa shape index (κ2) is 9.75. The molecular formula is C21H20ClN3O4. The lowest BCUT2D eigenvalue weighted by molar-refractivity contribution is -0.118. The van der Waals surface area contributed by atoms with Crippen molar-refractivity contribution in [3.63, 3.8) is 0 Å². The van der Waals surface area contributed by atoms with Crippen molar-refractivity contribution in [2.75, 3.05) is 18.5 Å². The zero-order valence-electron chi connectivity index (χ0n) is 15.8. The highest BCUT2D eigenvalue weighted by Gasteiger charge is 2.11. The minimum absolute atomic E-state index is 0.184. The summed E-state index contributed by atoms with van der Waals surface area (Å²) in [6.07, 6.45) is 1.60. The van der Waals surface area contributed by atoms with Gasteiger partial charge in [-0.1, -0.05) is 29.8 Å². The van der Waals surface area contributed by atoms with Crippen LogP contribution in [0.25, 0.3) is 0 Å². The van der Waals surface area contributed by atoms with E-state index in [2.05, 4.69) is 10.4 Å². The molecule has 0 saturated carbocycles. The maximum atomic E-state index is 12.2. The van der Waals surface area contributed by atoms with Crippen LogP contribution in [-0.2, 0) is 16.1 Å². The van der Waals surface area contributed by atoms with E-state index in [9.17, 15) is 9.59 Å². The number of aromatic nitrogens is 2. The molecule has 0 unspecified atom stereocenters. The van der Waals surface area contributed by atoms with E-state index in [1.54, 1.807) is 54.2 Å². The molecule has 150 valence electrons. The highest BCUT2D eigenvalue weighted by molar-refractivity contribution is 6.31. The molecule has 8 heteroatoms. The Kier molecular flexibility index (Phi) is 6.86. The van der Waals surface area contributed by atoms with Gasteiger partial charge in [-0.3, -0.25) is 4.79 Å². The van der Waals surface area contributed by atoms with Crippen molar-refractivity contribution in [3.05, 3.63) is 76.9 Å². The number of carbonyl (C=O) groups is 2. The lowest BCUT2D eigenvalue weighted by Gasteiger charge is -2.11. The monoisotopic (exact) mass is 413 g/mol. The van der Waals surface area contributed by atoms with Crippen LogP contribution >= 0.6 is 11.6 Å². The average molecular weight is 414 g/mol. The molecule has 29 heavy (non-hydrogen) atoms. The standard InChI is InChI=1S/C21H20ClN3O4/c1-2-28-21(27)15-7-9-17(10-8-15)29-14-20(26)24-19-11-12-23-25(19)13-16-5-3-4-6-18(16)22/h3-12H,2,13-14H2,1H3,(H,24,26). The summed E-state index contributed by atoms with van der Waals surface area (Å²) in [7, 11) is 0. The Morgan fingerprint density at radius 1 is 1.10 bits per heavy atom. The smallest absolute Gasteiger partial charge is 0.338 e. The van der Waals surface area contributed by atoms with Gasteiger partial charge in [-0.15, -0.1) is 0 Å². The first-order valence-electron chi connectivity index (χ1n) is 9.02. The summed E-state index contributed by atoms with van der Waals surface area (Å²) in [5, 5.41) is 7.62. The van der Waals surface area contributed by atoms with E-state index in [0.717, 1.165) is 5.56 Å². The lowest BCUT2D eigenvalue weighted by atomic mass is 10.2. The predicted octanol–water partition coefficient (Wildman–Crippen LogP) is 3.78. The molecule has 1 amide bonds. The summed E-state index contributed by atoms with van der Waals surface area (Å²) < 4.78 is 12.0. The van der Waals surface area contributed by atoms with Gasteiger partial charge in [0.05, 0.1) is 24.9 Å². The molecule has 0 atom stereocenters. The summed E-state index contributed by atoms with van der Waals surface area (Å²) in [4.78, 5) is 23.9. The number of esters is 1. The second-order valence-electron chi connectivity index (χ2n) is 6.05. The molecule has 3 rings (SSSR count). The van der Waals surface area contributed by atoms with Gasteiger partial charge in [0, 0.05) is 11.1 Å². The number of hydrogen-bond acceptors (Lipinski definition) is 5. The number of benzene rings is 2. The van der Waals surface area contributed by atoms with Crippen LogP contribution in [0.15, 0.2) is 60.8 Å². The number of nitrogens with one attached hydrogen (secondary N) is 1. The summed E-state index contributed by atoms with van der Waals surface area (Å²) >= 11 is 6.19. The Bertz CT molecular complexity index is 986. The van der Waals surface area contributed by atoms with Crippen molar-refractivity contribution in [2.24, 2.45) is 0 Å². The first-order chi connectivity index (χ1) is 14.1. The molecule has 0 spiro atoms. The summed E-state index contributed by atoms with van der Waals surface area (Å²) in [6.45, 7) is 2.30. The number of amides is 1. The number of hydrogen-bond donors (Lipinski definition) is 1. The van der Waals surface area contributed by atoms with Crippen molar-refractivity contribution in [2.45, 2.75) is 13.5 Å². The summed E-state index contributed by atoms with van der Waals surface area (Å²) in [5.41, 5.74) is 1.32. The van der Waals surface area contributed by atoms with Crippen LogP contribution in [-0.4, -0.2) is 34.9 Å². The predicted molar refractivity (Wildman–Crippen MR) is 109 cm³/mol. The molecule has 1 N–H and O–H groups in total. The van der Waals surface area contributed by atoms with Crippen molar-refractivity contribution >= 4 is 29.3 Å². The first-order valence-corrected chi connectivity index (χ1v) is 9.39. The highest BCUT2D eigenvalue weighted by atomic mass is 35.5. The number of rotatable bonds is 8. The Balaban J connectivity index is 1.55. The van der Waals surface area contributed by atoms with E-state index < -0.39 is 5.97 Å². The van der Waals surface area contributed by atoms with E-state index in [0.29, 0.717) is 35.3 Å². The molecule has 0 saturated heterocycles. The number of ether oxygens (including phenoxy) is 2. The largest absolute Gasteiger partial charge is 0.484 e. The van der Waals surface area contributed by atoms with Crippen molar-refractivity contribution in [3.8, 4) is 5.75 Å². The van der Waals surface area contributed by atoms with Gasteiger partial charge < -0.3 is 14.8 Å². The van der Waals surface area contributed by atoms with Crippen LogP contribution in [0, 0.1) is 0 Å². The third-order valence-corrected chi connectivity index (χ3v) is 4.37. The van der Waals surface area contributed by atoms with Gasteiger partial charge in [0.2, 0.25) is 0 Å². The normalized spacial score (nSPS) is 10.4. The first kappa shape index (κ1) is 20.4. The molecule has 0 aliphatic rings. The van der Waals surface area contributed by atoms with Gasteiger partial charge in [-0.2, -0.15) is 5.10 Å². The fourth-order valence-electron chi connectivity index (χ4n) is 2.58. The zero-order chi connectivity index (χ0) is 20.6.